The second kappa shape index (κ2) is 5.48. The Labute approximate surface area is 123 Å². The molecule has 5 nitrogen and oxygen atoms in total. The third-order valence-corrected chi connectivity index (χ3v) is 4.64. The summed E-state index contributed by atoms with van der Waals surface area (Å²) < 4.78 is 0. The lowest BCUT2D eigenvalue weighted by molar-refractivity contribution is -0.140. The number of para-hydroxylation sites is 1. The van der Waals surface area contributed by atoms with Crippen LogP contribution in [0.2, 0.25) is 0 Å². The minimum Gasteiger partial charge on any atom is -0.480 e. The van der Waals surface area contributed by atoms with Gasteiger partial charge in [0.05, 0.1) is 5.92 Å². The normalized spacial score (nSPS) is 28.2. The number of anilines is 1. The molecule has 21 heavy (non-hydrogen) atoms. The van der Waals surface area contributed by atoms with E-state index in [-0.39, 0.29) is 17.9 Å². The number of hydrogen-bond acceptors (Lipinski definition) is 3. The molecule has 1 saturated carbocycles. The van der Waals surface area contributed by atoms with Crippen LogP contribution in [0.5, 0.6) is 0 Å². The molecule has 2 unspecified atom stereocenters. The van der Waals surface area contributed by atoms with Crippen molar-refractivity contribution in [1.82, 2.24) is 0 Å². The van der Waals surface area contributed by atoms with E-state index in [1.807, 2.05) is 24.3 Å². The standard InChI is InChI=1S/C16H20N2O3/c17-12-7-3-2-6-11(12)15(19)18-13-8-4-1-5-10(13)9-14(18)16(20)21/h1,4-5,8,11-12,14H,2-3,6-7,9,17H2,(H,20,21)/t11?,12?,14-/m0/s1. The molecule has 1 aromatic rings. The molecule has 1 fully saturated rings. The van der Waals surface area contributed by atoms with E-state index in [4.69, 9.17) is 5.73 Å². The van der Waals surface area contributed by atoms with Crippen molar-refractivity contribution in [3.05, 3.63) is 29.8 Å². The number of fused-ring (bicyclic) bond motifs is 1. The van der Waals surface area contributed by atoms with Crippen LogP contribution in [0.3, 0.4) is 0 Å². The van der Waals surface area contributed by atoms with E-state index in [1.54, 1.807) is 0 Å². The first-order valence-corrected chi connectivity index (χ1v) is 7.49. The Morgan fingerprint density at radius 2 is 1.90 bits per heavy atom. The summed E-state index contributed by atoms with van der Waals surface area (Å²) in [4.78, 5) is 25.9. The molecule has 1 aliphatic carbocycles. The van der Waals surface area contributed by atoms with Crippen molar-refractivity contribution in [2.24, 2.45) is 11.7 Å². The second-order valence-corrected chi connectivity index (χ2v) is 5.95. The van der Waals surface area contributed by atoms with Crippen LogP contribution in [-0.4, -0.2) is 29.1 Å². The Kier molecular flexibility index (Phi) is 3.68. The SMILES string of the molecule is NC1CCCCC1C(=O)N1c2ccccc2C[C@H]1C(=O)O. The molecule has 0 bridgehead atoms. The first-order chi connectivity index (χ1) is 10.1. The topological polar surface area (TPSA) is 83.6 Å². The van der Waals surface area contributed by atoms with Gasteiger partial charge in [-0.1, -0.05) is 31.0 Å². The summed E-state index contributed by atoms with van der Waals surface area (Å²) in [5, 5.41) is 9.44. The molecule has 0 aromatic heterocycles. The van der Waals surface area contributed by atoms with Crippen LogP contribution in [0.4, 0.5) is 5.69 Å². The van der Waals surface area contributed by atoms with Gasteiger partial charge in [-0.05, 0) is 24.5 Å². The van der Waals surface area contributed by atoms with Crippen molar-refractivity contribution in [1.29, 1.82) is 0 Å². The molecule has 1 aliphatic heterocycles. The monoisotopic (exact) mass is 288 g/mol. The number of nitrogens with two attached hydrogens (primary N) is 1. The fourth-order valence-corrected chi connectivity index (χ4v) is 3.50. The molecular weight excluding hydrogens is 268 g/mol. The van der Waals surface area contributed by atoms with E-state index in [9.17, 15) is 14.7 Å². The number of amides is 1. The number of aliphatic carboxylic acids is 1. The molecule has 3 atom stereocenters. The van der Waals surface area contributed by atoms with Gasteiger partial charge in [-0.15, -0.1) is 0 Å². The van der Waals surface area contributed by atoms with Gasteiger partial charge in [-0.3, -0.25) is 9.69 Å². The molecule has 112 valence electrons. The Morgan fingerprint density at radius 1 is 1.19 bits per heavy atom. The highest BCUT2D eigenvalue weighted by Crippen LogP contribution is 2.35. The van der Waals surface area contributed by atoms with Crippen LogP contribution < -0.4 is 10.6 Å². The quantitative estimate of drug-likeness (QED) is 0.864. The number of carbonyl (C=O) groups excluding carboxylic acids is 1. The molecule has 0 radical (unpaired) electrons. The van der Waals surface area contributed by atoms with E-state index in [0.717, 1.165) is 36.9 Å². The lowest BCUT2D eigenvalue weighted by Crippen LogP contribution is -2.50. The van der Waals surface area contributed by atoms with Crippen LogP contribution in [0.1, 0.15) is 31.2 Å². The van der Waals surface area contributed by atoms with E-state index in [2.05, 4.69) is 0 Å². The molecule has 3 rings (SSSR count). The molecule has 1 heterocycles. The van der Waals surface area contributed by atoms with Crippen molar-refractivity contribution in [2.75, 3.05) is 4.90 Å². The first kappa shape index (κ1) is 14.1. The highest BCUT2D eigenvalue weighted by molar-refractivity contribution is 6.03. The summed E-state index contributed by atoms with van der Waals surface area (Å²) in [6.07, 6.45) is 4.00. The van der Waals surface area contributed by atoms with E-state index < -0.39 is 12.0 Å². The zero-order valence-electron chi connectivity index (χ0n) is 11.9. The van der Waals surface area contributed by atoms with E-state index in [0.29, 0.717) is 6.42 Å². The van der Waals surface area contributed by atoms with Crippen molar-refractivity contribution >= 4 is 17.6 Å². The maximum atomic E-state index is 12.9. The second-order valence-electron chi connectivity index (χ2n) is 5.95. The Bertz CT molecular complexity index is 572. The number of carbonyl (C=O) groups is 2. The summed E-state index contributed by atoms with van der Waals surface area (Å²) in [5.41, 5.74) is 7.74. The van der Waals surface area contributed by atoms with Gasteiger partial charge in [0.25, 0.3) is 0 Å². The average Bonchev–Trinajstić information content (AvgIpc) is 2.86. The van der Waals surface area contributed by atoms with Crippen LogP contribution in [-0.2, 0) is 16.0 Å². The van der Waals surface area contributed by atoms with Gasteiger partial charge in [0.1, 0.15) is 6.04 Å². The van der Waals surface area contributed by atoms with E-state index >= 15 is 0 Å². The summed E-state index contributed by atoms with van der Waals surface area (Å²) >= 11 is 0. The van der Waals surface area contributed by atoms with Gasteiger partial charge in [0.15, 0.2) is 0 Å². The van der Waals surface area contributed by atoms with Gasteiger partial charge in [-0.2, -0.15) is 0 Å². The van der Waals surface area contributed by atoms with Gasteiger partial charge in [-0.25, -0.2) is 4.79 Å². The first-order valence-electron chi connectivity index (χ1n) is 7.49. The van der Waals surface area contributed by atoms with Crippen molar-refractivity contribution in [3.8, 4) is 0 Å². The number of nitrogens with zero attached hydrogens (tertiary/aromatic N) is 1. The van der Waals surface area contributed by atoms with Crippen molar-refractivity contribution in [2.45, 2.75) is 44.2 Å². The van der Waals surface area contributed by atoms with Crippen LogP contribution in [0, 0.1) is 5.92 Å². The highest BCUT2D eigenvalue weighted by atomic mass is 16.4. The smallest absolute Gasteiger partial charge is 0.327 e. The lowest BCUT2D eigenvalue weighted by Gasteiger charge is -2.33. The molecule has 5 heteroatoms. The van der Waals surface area contributed by atoms with Crippen LogP contribution in [0.25, 0.3) is 0 Å². The fraction of sp³-hybridized carbons (Fsp3) is 0.500. The van der Waals surface area contributed by atoms with Gasteiger partial charge in [0, 0.05) is 18.2 Å². The number of rotatable bonds is 2. The Hall–Kier alpha value is -1.88. The predicted octanol–water partition coefficient (Wildman–Crippen LogP) is 1.55. The van der Waals surface area contributed by atoms with Gasteiger partial charge >= 0.3 is 5.97 Å². The zero-order chi connectivity index (χ0) is 15.0. The number of carboxylic acids is 1. The molecule has 1 amide bonds. The summed E-state index contributed by atoms with van der Waals surface area (Å²) in [6, 6.07) is 6.46. The number of benzene rings is 1. The number of carboxylic acid groups (broad SMARTS) is 1. The van der Waals surface area contributed by atoms with Gasteiger partial charge < -0.3 is 10.8 Å². The number of hydrogen-bond donors (Lipinski definition) is 2. The fourth-order valence-electron chi connectivity index (χ4n) is 3.50. The molecule has 2 aliphatic rings. The third kappa shape index (κ3) is 2.42. The minimum absolute atomic E-state index is 0.125. The van der Waals surface area contributed by atoms with Crippen LogP contribution in [0.15, 0.2) is 24.3 Å². The molecular formula is C16H20N2O3. The third-order valence-electron chi connectivity index (χ3n) is 4.64. The van der Waals surface area contributed by atoms with Crippen molar-refractivity contribution in [3.63, 3.8) is 0 Å². The van der Waals surface area contributed by atoms with Crippen molar-refractivity contribution < 1.29 is 14.7 Å². The molecule has 3 N–H and O–H groups in total. The highest BCUT2D eigenvalue weighted by Gasteiger charge is 2.42. The van der Waals surface area contributed by atoms with E-state index in [1.165, 1.54) is 4.90 Å². The predicted molar refractivity (Wildman–Crippen MR) is 79.0 cm³/mol. The Balaban J connectivity index is 1.93. The average molecular weight is 288 g/mol. The lowest BCUT2D eigenvalue weighted by atomic mass is 9.84. The minimum atomic E-state index is -0.955. The summed E-state index contributed by atoms with van der Waals surface area (Å²) in [5.74, 6) is -1.34. The largest absolute Gasteiger partial charge is 0.480 e. The molecule has 0 saturated heterocycles. The zero-order valence-corrected chi connectivity index (χ0v) is 11.9. The molecule has 0 spiro atoms. The maximum absolute atomic E-state index is 12.9. The molecule has 1 aromatic carbocycles. The van der Waals surface area contributed by atoms with Crippen LogP contribution >= 0.6 is 0 Å². The van der Waals surface area contributed by atoms with Gasteiger partial charge in [0.2, 0.25) is 5.91 Å². The maximum Gasteiger partial charge on any atom is 0.327 e. The Morgan fingerprint density at radius 3 is 2.62 bits per heavy atom. The summed E-state index contributed by atoms with van der Waals surface area (Å²) in [6.45, 7) is 0. The summed E-state index contributed by atoms with van der Waals surface area (Å²) in [7, 11) is 0.